The quantitative estimate of drug-likeness (QED) is 0.426. The van der Waals surface area contributed by atoms with E-state index in [2.05, 4.69) is 26.3 Å². The second-order valence-corrected chi connectivity index (χ2v) is 7.22. The minimum Gasteiger partial charge on any atom is -0.481 e. The number of aromatic nitrogens is 4. The van der Waals surface area contributed by atoms with Crippen molar-refractivity contribution >= 4 is 11.8 Å². The number of benzene rings is 3. The van der Waals surface area contributed by atoms with E-state index in [1.165, 1.54) is 4.80 Å². The van der Waals surface area contributed by atoms with Crippen LogP contribution in [0, 0.1) is 0 Å². The summed E-state index contributed by atoms with van der Waals surface area (Å²) in [4.78, 5) is 26.0. The van der Waals surface area contributed by atoms with E-state index >= 15 is 0 Å². The van der Waals surface area contributed by atoms with Crippen LogP contribution in [0.25, 0.3) is 11.4 Å². The van der Waals surface area contributed by atoms with Crippen LogP contribution in [0.3, 0.4) is 0 Å². The van der Waals surface area contributed by atoms with Gasteiger partial charge in [0.15, 0.2) is 6.10 Å². The summed E-state index contributed by atoms with van der Waals surface area (Å²) in [6.45, 7) is 2.01. The molecule has 1 atom stereocenters. The number of hydrogen-bond donors (Lipinski definition) is 2. The molecule has 0 aliphatic rings. The van der Waals surface area contributed by atoms with Gasteiger partial charge in [0.2, 0.25) is 5.82 Å². The van der Waals surface area contributed by atoms with Crippen LogP contribution in [0.4, 0.5) is 0 Å². The molecule has 0 radical (unpaired) electrons. The number of hydrazine groups is 1. The Morgan fingerprint density at radius 1 is 0.909 bits per heavy atom. The van der Waals surface area contributed by atoms with Crippen LogP contribution in [-0.2, 0) is 11.3 Å². The molecule has 166 valence electrons. The number of rotatable bonds is 7. The molecule has 0 aliphatic heterocycles. The lowest BCUT2D eigenvalue weighted by Gasteiger charge is -2.15. The highest BCUT2D eigenvalue weighted by molar-refractivity contribution is 5.95. The molecule has 9 nitrogen and oxygen atoms in total. The van der Waals surface area contributed by atoms with E-state index in [1.54, 1.807) is 43.3 Å². The topological polar surface area (TPSA) is 111 Å². The minimum atomic E-state index is -0.772. The fraction of sp³-hybridized carbons (Fsp3) is 0.125. The summed E-state index contributed by atoms with van der Waals surface area (Å²) in [6, 6.07) is 25.5. The SMILES string of the molecule is CC(Oc1ccccc1)C(=O)NNC(=O)c1ccc(Cn2nnc(-c3ccccc3)n2)cc1. The second-order valence-electron chi connectivity index (χ2n) is 7.22. The van der Waals surface area contributed by atoms with Gasteiger partial charge in [-0.25, -0.2) is 0 Å². The Labute approximate surface area is 190 Å². The highest BCUT2D eigenvalue weighted by Crippen LogP contribution is 2.13. The van der Waals surface area contributed by atoms with Crippen molar-refractivity contribution in [2.75, 3.05) is 0 Å². The molecular weight excluding hydrogens is 420 g/mol. The van der Waals surface area contributed by atoms with Gasteiger partial charge in [-0.15, -0.1) is 10.2 Å². The minimum absolute atomic E-state index is 0.396. The van der Waals surface area contributed by atoms with Gasteiger partial charge in [-0.3, -0.25) is 20.4 Å². The zero-order valence-corrected chi connectivity index (χ0v) is 17.9. The third-order valence-corrected chi connectivity index (χ3v) is 4.75. The molecule has 1 aromatic heterocycles. The summed E-state index contributed by atoms with van der Waals surface area (Å²) >= 11 is 0. The Hall–Kier alpha value is -4.53. The van der Waals surface area contributed by atoms with Crippen molar-refractivity contribution in [3.05, 3.63) is 96.1 Å². The first kappa shape index (κ1) is 21.7. The number of nitrogens with one attached hydrogen (secondary N) is 2. The maximum Gasteiger partial charge on any atom is 0.279 e. The second kappa shape index (κ2) is 10.2. The first-order valence-electron chi connectivity index (χ1n) is 10.3. The summed E-state index contributed by atoms with van der Waals surface area (Å²) in [5.41, 5.74) is 6.96. The Bertz CT molecular complexity index is 1210. The van der Waals surface area contributed by atoms with Crippen LogP contribution < -0.4 is 15.6 Å². The summed E-state index contributed by atoms with van der Waals surface area (Å²) in [5.74, 6) is 0.218. The number of para-hydroxylation sites is 1. The molecule has 0 saturated heterocycles. The van der Waals surface area contributed by atoms with Crippen LogP contribution in [0.2, 0.25) is 0 Å². The van der Waals surface area contributed by atoms with E-state index in [1.807, 2.05) is 48.5 Å². The molecule has 0 bridgehead atoms. The molecule has 2 N–H and O–H groups in total. The molecule has 4 rings (SSSR count). The van der Waals surface area contributed by atoms with Crippen molar-refractivity contribution in [1.82, 2.24) is 31.1 Å². The van der Waals surface area contributed by atoms with Crippen LogP contribution in [0.5, 0.6) is 5.75 Å². The highest BCUT2D eigenvalue weighted by atomic mass is 16.5. The van der Waals surface area contributed by atoms with E-state index in [0.29, 0.717) is 23.7 Å². The predicted octanol–water partition coefficient (Wildman–Crippen LogP) is 2.62. The van der Waals surface area contributed by atoms with Crippen molar-refractivity contribution in [2.24, 2.45) is 0 Å². The Morgan fingerprint density at radius 3 is 2.27 bits per heavy atom. The van der Waals surface area contributed by atoms with Crippen molar-refractivity contribution in [2.45, 2.75) is 19.6 Å². The van der Waals surface area contributed by atoms with Crippen molar-refractivity contribution in [1.29, 1.82) is 0 Å². The van der Waals surface area contributed by atoms with Gasteiger partial charge < -0.3 is 4.74 Å². The summed E-state index contributed by atoms with van der Waals surface area (Å²) in [5, 5.41) is 12.5. The van der Waals surface area contributed by atoms with Crippen LogP contribution in [0.1, 0.15) is 22.8 Å². The van der Waals surface area contributed by atoms with Gasteiger partial charge in [-0.2, -0.15) is 4.80 Å². The van der Waals surface area contributed by atoms with Gasteiger partial charge >= 0.3 is 0 Å². The van der Waals surface area contributed by atoms with E-state index in [4.69, 9.17) is 4.74 Å². The van der Waals surface area contributed by atoms with Gasteiger partial charge in [0.05, 0.1) is 6.54 Å². The van der Waals surface area contributed by atoms with Gasteiger partial charge in [0.1, 0.15) is 5.75 Å². The van der Waals surface area contributed by atoms with Crippen molar-refractivity contribution in [3.63, 3.8) is 0 Å². The molecule has 2 amide bonds. The molecule has 9 heteroatoms. The van der Waals surface area contributed by atoms with Gasteiger partial charge in [0, 0.05) is 11.1 Å². The van der Waals surface area contributed by atoms with Crippen LogP contribution in [0.15, 0.2) is 84.9 Å². The predicted molar refractivity (Wildman–Crippen MR) is 121 cm³/mol. The number of hydrogen-bond acceptors (Lipinski definition) is 6. The molecule has 3 aromatic carbocycles. The largest absolute Gasteiger partial charge is 0.481 e. The lowest BCUT2D eigenvalue weighted by atomic mass is 10.1. The highest BCUT2D eigenvalue weighted by Gasteiger charge is 2.16. The standard InChI is InChI=1S/C24H22N6O3/c1-17(33-21-10-6-3-7-11-21)23(31)26-27-24(32)20-14-12-18(13-15-20)16-30-28-22(25-29-30)19-8-4-2-5-9-19/h2-15,17H,16H2,1H3,(H,26,31)(H,27,32). The smallest absolute Gasteiger partial charge is 0.279 e. The summed E-state index contributed by atoms with van der Waals surface area (Å²) in [6.07, 6.45) is -0.772. The lowest BCUT2D eigenvalue weighted by Crippen LogP contribution is -2.47. The number of tetrazole rings is 1. The maximum absolute atomic E-state index is 12.4. The number of carbonyl (C=O) groups is 2. The monoisotopic (exact) mass is 442 g/mol. The van der Waals surface area contributed by atoms with E-state index in [-0.39, 0.29) is 0 Å². The molecule has 0 aliphatic carbocycles. The molecule has 4 aromatic rings. The Morgan fingerprint density at radius 2 is 1.58 bits per heavy atom. The van der Waals surface area contributed by atoms with E-state index in [0.717, 1.165) is 11.1 Å². The number of nitrogens with zero attached hydrogens (tertiary/aromatic N) is 4. The first-order chi connectivity index (χ1) is 16.1. The molecule has 33 heavy (non-hydrogen) atoms. The van der Waals surface area contributed by atoms with E-state index in [9.17, 15) is 9.59 Å². The molecule has 1 unspecified atom stereocenters. The zero-order chi connectivity index (χ0) is 23.0. The number of ether oxygens (including phenoxy) is 1. The van der Waals surface area contributed by atoms with Gasteiger partial charge in [0.25, 0.3) is 11.8 Å². The fourth-order valence-corrected chi connectivity index (χ4v) is 2.99. The Kier molecular flexibility index (Phi) is 6.70. The zero-order valence-electron chi connectivity index (χ0n) is 17.9. The summed E-state index contributed by atoms with van der Waals surface area (Å²) in [7, 11) is 0. The number of carbonyl (C=O) groups excluding carboxylic acids is 2. The van der Waals surface area contributed by atoms with Gasteiger partial charge in [-0.1, -0.05) is 60.7 Å². The lowest BCUT2D eigenvalue weighted by molar-refractivity contribution is -0.128. The number of amides is 2. The molecular formula is C24H22N6O3. The van der Waals surface area contributed by atoms with Crippen molar-refractivity contribution < 1.29 is 14.3 Å². The fourth-order valence-electron chi connectivity index (χ4n) is 2.99. The van der Waals surface area contributed by atoms with E-state index < -0.39 is 17.9 Å². The average molecular weight is 442 g/mol. The first-order valence-corrected chi connectivity index (χ1v) is 10.3. The van der Waals surface area contributed by atoms with Crippen molar-refractivity contribution in [3.8, 4) is 17.1 Å². The van der Waals surface area contributed by atoms with Crippen LogP contribution in [-0.4, -0.2) is 38.1 Å². The molecule has 0 spiro atoms. The third-order valence-electron chi connectivity index (χ3n) is 4.75. The molecule has 1 heterocycles. The average Bonchev–Trinajstić information content (AvgIpc) is 3.32. The molecule has 0 fully saturated rings. The molecule has 0 saturated carbocycles. The van der Waals surface area contributed by atoms with Gasteiger partial charge in [-0.05, 0) is 42.0 Å². The Balaban J connectivity index is 1.28. The normalized spacial score (nSPS) is 11.4. The third kappa shape index (κ3) is 5.79. The maximum atomic E-state index is 12.4. The summed E-state index contributed by atoms with van der Waals surface area (Å²) < 4.78 is 5.53. The van der Waals surface area contributed by atoms with Crippen LogP contribution >= 0.6 is 0 Å².